The van der Waals surface area contributed by atoms with Gasteiger partial charge in [0.1, 0.15) is 5.75 Å². The van der Waals surface area contributed by atoms with E-state index in [2.05, 4.69) is 45.1 Å². The fraction of sp³-hybridized carbons (Fsp3) is 0.524. The van der Waals surface area contributed by atoms with E-state index in [1.165, 1.54) is 17.6 Å². The van der Waals surface area contributed by atoms with Gasteiger partial charge in [-0.2, -0.15) is 0 Å². The van der Waals surface area contributed by atoms with E-state index in [1.54, 1.807) is 12.1 Å². The summed E-state index contributed by atoms with van der Waals surface area (Å²) in [4.78, 5) is 0. The molecule has 0 radical (unpaired) electrons. The van der Waals surface area contributed by atoms with Crippen LogP contribution in [0.1, 0.15) is 52.0 Å². The highest BCUT2D eigenvalue weighted by molar-refractivity contribution is 5.46. The number of rotatable bonds is 2. The molecule has 1 saturated carbocycles. The van der Waals surface area contributed by atoms with Crippen LogP contribution in [0, 0.1) is 11.3 Å². The van der Waals surface area contributed by atoms with E-state index in [1.807, 2.05) is 6.08 Å². The minimum Gasteiger partial charge on any atom is -0.508 e. The van der Waals surface area contributed by atoms with Crippen LogP contribution in [0.3, 0.4) is 0 Å². The average Bonchev–Trinajstić information content (AvgIpc) is 2.46. The van der Waals surface area contributed by atoms with Crippen LogP contribution in [0.15, 0.2) is 48.1 Å². The lowest BCUT2D eigenvalue weighted by atomic mass is 9.55. The average molecular weight is 312 g/mol. The Bertz CT molecular complexity index is 624. The van der Waals surface area contributed by atoms with Gasteiger partial charge >= 0.3 is 0 Å². The second kappa shape index (κ2) is 5.83. The van der Waals surface area contributed by atoms with E-state index in [0.29, 0.717) is 18.1 Å². The van der Waals surface area contributed by atoms with Gasteiger partial charge in [0.15, 0.2) is 0 Å². The molecule has 1 fully saturated rings. The maximum atomic E-state index is 9.81. The topological polar surface area (TPSA) is 40.5 Å². The molecule has 1 aromatic carbocycles. The number of hydrogen-bond donors (Lipinski definition) is 2. The third-order valence-electron chi connectivity index (χ3n) is 5.43. The second-order valence-electron chi connectivity index (χ2n) is 8.31. The van der Waals surface area contributed by atoms with Crippen LogP contribution in [0.5, 0.6) is 5.75 Å². The number of aromatic hydroxyl groups is 1. The van der Waals surface area contributed by atoms with Gasteiger partial charge in [-0.1, -0.05) is 51.1 Å². The fourth-order valence-electron chi connectivity index (χ4n) is 4.92. The smallest absolute Gasteiger partial charge is 0.115 e. The van der Waals surface area contributed by atoms with Crippen molar-refractivity contribution in [1.82, 2.24) is 0 Å². The monoisotopic (exact) mass is 312 g/mol. The van der Waals surface area contributed by atoms with Crippen LogP contribution < -0.4 is 0 Å². The number of aliphatic hydroxyl groups excluding tert-OH is 1. The van der Waals surface area contributed by atoms with Crippen molar-refractivity contribution in [3.63, 3.8) is 0 Å². The predicted octanol–water partition coefficient (Wildman–Crippen LogP) is 4.72. The first-order chi connectivity index (χ1) is 10.8. The first-order valence-corrected chi connectivity index (χ1v) is 8.67. The molecular weight excluding hydrogens is 284 g/mol. The van der Waals surface area contributed by atoms with Gasteiger partial charge in [-0.05, 0) is 60.3 Å². The molecule has 0 heterocycles. The molecule has 1 aromatic rings. The molecule has 0 amide bonds. The summed E-state index contributed by atoms with van der Waals surface area (Å²) in [5, 5.41) is 19.5. The molecule has 23 heavy (non-hydrogen) atoms. The standard InChI is InChI=1S/C21H28O2/c1-15-12-20(2,3)14-21(13-15,16-4-8-18(22)9-5-16)17-6-10-19(23)11-7-17/h4-10,15,19,22-23H,11-14H2,1-3H3. The summed E-state index contributed by atoms with van der Waals surface area (Å²) in [5.74, 6) is 0.962. The summed E-state index contributed by atoms with van der Waals surface area (Å²) in [6.07, 6.45) is 10.1. The maximum Gasteiger partial charge on any atom is 0.115 e. The molecule has 0 saturated heterocycles. The first-order valence-electron chi connectivity index (χ1n) is 8.67. The maximum absolute atomic E-state index is 9.81. The van der Waals surface area contributed by atoms with Crippen LogP contribution in [0.4, 0.5) is 0 Å². The molecule has 2 aliphatic rings. The van der Waals surface area contributed by atoms with Crippen molar-refractivity contribution < 1.29 is 10.2 Å². The number of phenolic OH excluding ortho intramolecular Hbond substituents is 1. The van der Waals surface area contributed by atoms with Crippen molar-refractivity contribution in [2.24, 2.45) is 11.3 Å². The minimum atomic E-state index is -0.357. The van der Waals surface area contributed by atoms with E-state index < -0.39 is 0 Å². The Labute approximate surface area is 139 Å². The summed E-state index contributed by atoms with van der Waals surface area (Å²) in [5.41, 5.74) is 2.86. The largest absolute Gasteiger partial charge is 0.508 e. The van der Waals surface area contributed by atoms with Crippen LogP contribution >= 0.6 is 0 Å². The van der Waals surface area contributed by atoms with Gasteiger partial charge in [0.2, 0.25) is 0 Å². The lowest BCUT2D eigenvalue weighted by molar-refractivity contribution is 0.125. The minimum absolute atomic E-state index is 0.0223. The normalized spacial score (nSPS) is 33.3. The SMILES string of the molecule is CC1CC(C)(C)CC(C2=CCC(O)C=C2)(c2ccc(O)cc2)C1. The van der Waals surface area contributed by atoms with Gasteiger partial charge in [0.25, 0.3) is 0 Å². The number of aliphatic hydroxyl groups is 1. The zero-order valence-electron chi connectivity index (χ0n) is 14.4. The molecular formula is C21H28O2. The van der Waals surface area contributed by atoms with E-state index in [0.717, 1.165) is 12.8 Å². The third-order valence-corrected chi connectivity index (χ3v) is 5.43. The van der Waals surface area contributed by atoms with E-state index >= 15 is 0 Å². The Morgan fingerprint density at radius 3 is 2.35 bits per heavy atom. The Morgan fingerprint density at radius 1 is 1.09 bits per heavy atom. The van der Waals surface area contributed by atoms with Crippen molar-refractivity contribution in [2.75, 3.05) is 0 Å². The van der Waals surface area contributed by atoms with Crippen molar-refractivity contribution in [3.8, 4) is 5.75 Å². The summed E-state index contributed by atoms with van der Waals surface area (Å²) in [6, 6.07) is 7.74. The Hall–Kier alpha value is -1.54. The molecule has 0 bridgehead atoms. The van der Waals surface area contributed by atoms with Crippen molar-refractivity contribution in [2.45, 2.75) is 58.0 Å². The van der Waals surface area contributed by atoms with Gasteiger partial charge in [-0.25, -0.2) is 0 Å². The molecule has 0 aromatic heterocycles. The van der Waals surface area contributed by atoms with Gasteiger partial charge in [-0.15, -0.1) is 0 Å². The van der Waals surface area contributed by atoms with Crippen molar-refractivity contribution in [3.05, 3.63) is 53.6 Å². The molecule has 0 aliphatic heterocycles. The molecule has 3 atom stereocenters. The van der Waals surface area contributed by atoms with Gasteiger partial charge in [-0.3, -0.25) is 0 Å². The zero-order valence-corrected chi connectivity index (χ0v) is 14.4. The molecule has 2 heteroatoms. The lowest BCUT2D eigenvalue weighted by Crippen LogP contribution is -2.41. The number of benzene rings is 1. The highest BCUT2D eigenvalue weighted by atomic mass is 16.3. The first kappa shape index (κ1) is 16.3. The summed E-state index contributed by atoms with van der Waals surface area (Å²) in [7, 11) is 0. The Kier molecular flexibility index (Phi) is 4.14. The number of phenols is 1. The summed E-state index contributed by atoms with van der Waals surface area (Å²) >= 11 is 0. The Balaban J connectivity index is 2.10. The molecule has 2 nitrogen and oxygen atoms in total. The highest BCUT2D eigenvalue weighted by Crippen LogP contribution is 2.54. The molecule has 3 unspecified atom stereocenters. The molecule has 124 valence electrons. The predicted molar refractivity (Wildman–Crippen MR) is 94.4 cm³/mol. The van der Waals surface area contributed by atoms with E-state index in [4.69, 9.17) is 0 Å². The van der Waals surface area contributed by atoms with E-state index in [-0.39, 0.29) is 16.9 Å². The van der Waals surface area contributed by atoms with Crippen molar-refractivity contribution >= 4 is 0 Å². The lowest BCUT2D eigenvalue weighted by Gasteiger charge is -2.49. The van der Waals surface area contributed by atoms with Crippen LogP contribution in [0.2, 0.25) is 0 Å². The number of allylic oxidation sites excluding steroid dienone is 2. The quantitative estimate of drug-likeness (QED) is 0.829. The third kappa shape index (κ3) is 3.23. The second-order valence-corrected chi connectivity index (χ2v) is 8.31. The van der Waals surface area contributed by atoms with E-state index in [9.17, 15) is 10.2 Å². The summed E-state index contributed by atoms with van der Waals surface area (Å²) in [6.45, 7) is 7.07. The van der Waals surface area contributed by atoms with Crippen LogP contribution in [-0.4, -0.2) is 16.3 Å². The van der Waals surface area contributed by atoms with Gasteiger partial charge < -0.3 is 10.2 Å². The molecule has 2 aliphatic carbocycles. The van der Waals surface area contributed by atoms with Gasteiger partial charge in [0.05, 0.1) is 6.10 Å². The zero-order chi connectivity index (χ0) is 16.7. The van der Waals surface area contributed by atoms with Crippen LogP contribution in [0.25, 0.3) is 0 Å². The molecule has 0 spiro atoms. The van der Waals surface area contributed by atoms with Gasteiger partial charge in [0, 0.05) is 5.41 Å². The molecule has 2 N–H and O–H groups in total. The highest BCUT2D eigenvalue weighted by Gasteiger charge is 2.45. The van der Waals surface area contributed by atoms with Crippen molar-refractivity contribution in [1.29, 1.82) is 0 Å². The summed E-state index contributed by atoms with van der Waals surface area (Å²) < 4.78 is 0. The molecule has 3 rings (SSSR count). The Morgan fingerprint density at radius 2 is 1.78 bits per heavy atom. The number of hydrogen-bond acceptors (Lipinski definition) is 2. The van der Waals surface area contributed by atoms with Crippen LogP contribution in [-0.2, 0) is 5.41 Å². The fourth-order valence-corrected chi connectivity index (χ4v) is 4.92.